The lowest BCUT2D eigenvalue weighted by Gasteiger charge is -2.14. The molecule has 1 heterocycles. The Kier molecular flexibility index (Phi) is 4.25. The van der Waals surface area contributed by atoms with Crippen LogP contribution in [0.3, 0.4) is 0 Å². The van der Waals surface area contributed by atoms with Crippen molar-refractivity contribution in [3.63, 3.8) is 0 Å². The van der Waals surface area contributed by atoms with Crippen molar-refractivity contribution >= 4 is 22.6 Å². The average Bonchev–Trinajstić information content (AvgIpc) is 2.63. The van der Waals surface area contributed by atoms with Gasteiger partial charge in [0.1, 0.15) is 5.82 Å². The molecule has 0 saturated heterocycles. The maximum Gasteiger partial charge on any atom is 0.106 e. The minimum absolute atomic E-state index is 0.689. The summed E-state index contributed by atoms with van der Waals surface area (Å²) < 4.78 is 2.12. The third-order valence-electron chi connectivity index (χ3n) is 3.42. The van der Waals surface area contributed by atoms with Crippen molar-refractivity contribution in [1.29, 1.82) is 0 Å². The molecule has 0 atom stereocenters. The fourth-order valence-electron chi connectivity index (χ4n) is 2.10. The van der Waals surface area contributed by atoms with Crippen molar-refractivity contribution in [2.75, 3.05) is 26.0 Å². The van der Waals surface area contributed by atoms with Crippen LogP contribution >= 0.6 is 11.6 Å². The molecule has 2 rings (SSSR count). The van der Waals surface area contributed by atoms with Crippen LogP contribution in [0.4, 0.5) is 0 Å². The van der Waals surface area contributed by atoms with Crippen molar-refractivity contribution in [2.45, 2.75) is 13.3 Å². The van der Waals surface area contributed by atoms with Crippen LogP contribution in [-0.2, 0) is 13.5 Å². The number of benzene rings is 1. The zero-order valence-corrected chi connectivity index (χ0v) is 12.0. The fourth-order valence-corrected chi connectivity index (χ4v) is 2.39. The predicted molar refractivity (Wildman–Crippen MR) is 77.4 cm³/mol. The molecule has 0 aliphatic rings. The first kappa shape index (κ1) is 13.4. The normalized spacial score (nSPS) is 11.6. The number of nitrogens with zero attached hydrogens (tertiary/aromatic N) is 3. The molecule has 18 heavy (non-hydrogen) atoms. The number of aryl methyl sites for hydroxylation is 2. The van der Waals surface area contributed by atoms with Gasteiger partial charge in [0.15, 0.2) is 0 Å². The van der Waals surface area contributed by atoms with Gasteiger partial charge in [-0.25, -0.2) is 4.98 Å². The van der Waals surface area contributed by atoms with Crippen LogP contribution in [0.25, 0.3) is 11.0 Å². The molecule has 0 N–H and O–H groups in total. The number of fused-ring (bicyclic) bond motifs is 1. The number of rotatable bonds is 5. The minimum atomic E-state index is 0.689. The summed E-state index contributed by atoms with van der Waals surface area (Å²) in [6.45, 7) is 4.00. The van der Waals surface area contributed by atoms with E-state index in [1.165, 1.54) is 11.1 Å². The highest BCUT2D eigenvalue weighted by molar-refractivity contribution is 6.18. The molecule has 3 nitrogen and oxygen atoms in total. The maximum atomic E-state index is 5.72. The molecular weight excluding hydrogens is 246 g/mol. The molecule has 0 fully saturated rings. The van der Waals surface area contributed by atoms with Crippen LogP contribution < -0.4 is 0 Å². The number of hydrogen-bond donors (Lipinski definition) is 0. The zero-order chi connectivity index (χ0) is 13.1. The molecule has 0 radical (unpaired) electrons. The molecule has 1 aromatic heterocycles. The van der Waals surface area contributed by atoms with Crippen LogP contribution in [-0.4, -0.2) is 40.5 Å². The summed E-state index contributed by atoms with van der Waals surface area (Å²) in [4.78, 5) is 6.82. The molecule has 0 unspecified atom stereocenters. The second-order valence-corrected chi connectivity index (χ2v) is 5.16. The van der Waals surface area contributed by atoms with Gasteiger partial charge in [0, 0.05) is 26.0 Å². The Bertz CT molecular complexity index is 533. The molecule has 1 aromatic carbocycles. The lowest BCUT2D eigenvalue weighted by molar-refractivity contribution is 0.359. The van der Waals surface area contributed by atoms with E-state index in [4.69, 9.17) is 11.6 Å². The Morgan fingerprint density at radius 2 is 2.11 bits per heavy atom. The summed E-state index contributed by atoms with van der Waals surface area (Å²) in [6, 6.07) is 6.54. The van der Waals surface area contributed by atoms with Gasteiger partial charge in [0.2, 0.25) is 0 Å². The number of halogens is 1. The predicted octanol–water partition coefficient (Wildman–Crippen LogP) is 2.59. The van der Waals surface area contributed by atoms with E-state index in [-0.39, 0.29) is 0 Å². The van der Waals surface area contributed by atoms with E-state index in [0.29, 0.717) is 5.88 Å². The summed E-state index contributed by atoms with van der Waals surface area (Å²) in [5, 5.41) is 0. The highest BCUT2D eigenvalue weighted by Crippen LogP contribution is 2.16. The number of likely N-dealkylation sites (N-methyl/N-ethyl adjacent to an activating group) is 1. The molecule has 0 saturated carbocycles. The van der Waals surface area contributed by atoms with Crippen molar-refractivity contribution in [1.82, 2.24) is 14.5 Å². The van der Waals surface area contributed by atoms with Gasteiger partial charge in [-0.2, -0.15) is 0 Å². The molecule has 0 spiro atoms. The minimum Gasteiger partial charge on any atom is -0.331 e. The van der Waals surface area contributed by atoms with E-state index >= 15 is 0 Å². The van der Waals surface area contributed by atoms with Crippen molar-refractivity contribution < 1.29 is 0 Å². The van der Waals surface area contributed by atoms with Crippen LogP contribution in [0.1, 0.15) is 11.4 Å². The molecular formula is C14H20ClN3. The Labute approximate surface area is 113 Å². The topological polar surface area (TPSA) is 21.1 Å². The highest BCUT2D eigenvalue weighted by Gasteiger charge is 2.05. The third kappa shape index (κ3) is 2.85. The van der Waals surface area contributed by atoms with Gasteiger partial charge in [-0.05, 0) is 38.1 Å². The van der Waals surface area contributed by atoms with E-state index in [0.717, 1.165) is 30.9 Å². The lowest BCUT2D eigenvalue weighted by atomic mass is 10.1. The Morgan fingerprint density at radius 1 is 1.33 bits per heavy atom. The summed E-state index contributed by atoms with van der Waals surface area (Å²) in [5.74, 6) is 1.75. The molecule has 0 bridgehead atoms. The van der Waals surface area contributed by atoms with Crippen LogP contribution in [0.5, 0.6) is 0 Å². The second kappa shape index (κ2) is 5.72. The van der Waals surface area contributed by atoms with Crippen LogP contribution in [0, 0.1) is 6.92 Å². The first-order valence-corrected chi connectivity index (χ1v) is 6.81. The smallest absolute Gasteiger partial charge is 0.106 e. The van der Waals surface area contributed by atoms with E-state index in [1.54, 1.807) is 0 Å². The Hall–Kier alpha value is -1.06. The maximum absolute atomic E-state index is 5.72. The first-order valence-electron chi connectivity index (χ1n) is 6.28. The van der Waals surface area contributed by atoms with Gasteiger partial charge in [0.05, 0.1) is 11.0 Å². The zero-order valence-electron chi connectivity index (χ0n) is 11.3. The van der Waals surface area contributed by atoms with Gasteiger partial charge < -0.3 is 9.47 Å². The van der Waals surface area contributed by atoms with Gasteiger partial charge in [-0.3, -0.25) is 0 Å². The first-order chi connectivity index (χ1) is 8.61. The molecule has 98 valence electrons. The molecule has 4 heteroatoms. The summed E-state index contributed by atoms with van der Waals surface area (Å²) in [7, 11) is 4.16. The summed E-state index contributed by atoms with van der Waals surface area (Å²) >= 11 is 5.72. The SMILES string of the molecule is Cc1nc2cc(CCN(C)CCCl)ccc2n1C. The molecule has 0 aliphatic carbocycles. The number of hydrogen-bond acceptors (Lipinski definition) is 2. The average molecular weight is 266 g/mol. The largest absolute Gasteiger partial charge is 0.331 e. The third-order valence-corrected chi connectivity index (χ3v) is 3.59. The molecule has 0 aliphatic heterocycles. The van der Waals surface area contributed by atoms with E-state index in [2.05, 4.69) is 46.7 Å². The van der Waals surface area contributed by atoms with E-state index < -0.39 is 0 Å². The van der Waals surface area contributed by atoms with Crippen LogP contribution in [0.2, 0.25) is 0 Å². The van der Waals surface area contributed by atoms with Gasteiger partial charge in [-0.15, -0.1) is 11.6 Å². The number of alkyl halides is 1. The number of imidazole rings is 1. The van der Waals surface area contributed by atoms with Crippen LogP contribution in [0.15, 0.2) is 18.2 Å². The fraction of sp³-hybridized carbons (Fsp3) is 0.500. The summed E-state index contributed by atoms with van der Waals surface area (Å²) in [5.41, 5.74) is 3.62. The molecule has 2 aromatic rings. The lowest BCUT2D eigenvalue weighted by Crippen LogP contribution is -2.23. The number of aromatic nitrogens is 2. The highest BCUT2D eigenvalue weighted by atomic mass is 35.5. The monoisotopic (exact) mass is 265 g/mol. The van der Waals surface area contributed by atoms with Crippen molar-refractivity contribution in [2.24, 2.45) is 7.05 Å². The van der Waals surface area contributed by atoms with Gasteiger partial charge in [-0.1, -0.05) is 6.07 Å². The standard InChI is InChI=1S/C14H20ClN3/c1-11-16-13-10-12(4-5-14(13)18(11)3)6-8-17(2)9-7-15/h4-5,10H,6-9H2,1-3H3. The van der Waals surface area contributed by atoms with Crippen molar-refractivity contribution in [3.05, 3.63) is 29.6 Å². The van der Waals surface area contributed by atoms with E-state index in [9.17, 15) is 0 Å². The quantitative estimate of drug-likeness (QED) is 0.775. The second-order valence-electron chi connectivity index (χ2n) is 4.78. The molecule has 0 amide bonds. The Morgan fingerprint density at radius 3 is 2.83 bits per heavy atom. The Balaban J connectivity index is 2.10. The van der Waals surface area contributed by atoms with Gasteiger partial charge in [0.25, 0.3) is 0 Å². The van der Waals surface area contributed by atoms with Crippen molar-refractivity contribution in [3.8, 4) is 0 Å². The van der Waals surface area contributed by atoms with E-state index in [1.807, 2.05) is 6.92 Å². The van der Waals surface area contributed by atoms with Gasteiger partial charge >= 0.3 is 0 Å². The summed E-state index contributed by atoms with van der Waals surface area (Å²) in [6.07, 6.45) is 1.04.